The lowest BCUT2D eigenvalue weighted by Gasteiger charge is -2.33. The van der Waals surface area contributed by atoms with Gasteiger partial charge < -0.3 is 15.1 Å². The van der Waals surface area contributed by atoms with E-state index < -0.39 is 0 Å². The van der Waals surface area contributed by atoms with E-state index in [2.05, 4.69) is 22.2 Å². The lowest BCUT2D eigenvalue weighted by Crippen LogP contribution is -2.39. The van der Waals surface area contributed by atoms with Gasteiger partial charge in [-0.2, -0.15) is 5.10 Å². The highest BCUT2D eigenvalue weighted by Gasteiger charge is 2.28. The predicted molar refractivity (Wildman–Crippen MR) is 120 cm³/mol. The van der Waals surface area contributed by atoms with Gasteiger partial charge in [-0.05, 0) is 50.4 Å². The Balaban J connectivity index is 1.30. The van der Waals surface area contributed by atoms with E-state index in [1.165, 1.54) is 19.3 Å². The molecule has 1 saturated heterocycles. The SMILES string of the molecule is C[C@@H]1CCCCN1CCCNC(=O)c1cc2n(n1)CCN(Cc1cccc(Cl)c1)C2=O. The van der Waals surface area contributed by atoms with Crippen LogP contribution in [-0.4, -0.2) is 63.6 Å². The first-order chi connectivity index (χ1) is 15.0. The Bertz CT molecular complexity index is 944. The highest BCUT2D eigenvalue weighted by atomic mass is 35.5. The molecule has 0 aliphatic carbocycles. The Morgan fingerprint density at radius 1 is 1.23 bits per heavy atom. The number of carbonyl (C=O) groups excluding carboxylic acids is 2. The molecule has 1 aromatic heterocycles. The smallest absolute Gasteiger partial charge is 0.272 e. The van der Waals surface area contributed by atoms with Crippen LogP contribution in [0.1, 0.15) is 59.1 Å². The first-order valence-electron chi connectivity index (χ1n) is 11.1. The first kappa shape index (κ1) is 21.8. The topological polar surface area (TPSA) is 70.5 Å². The highest BCUT2D eigenvalue weighted by Crippen LogP contribution is 2.19. The highest BCUT2D eigenvalue weighted by molar-refractivity contribution is 6.30. The van der Waals surface area contributed by atoms with Gasteiger partial charge >= 0.3 is 0 Å². The summed E-state index contributed by atoms with van der Waals surface area (Å²) in [5.74, 6) is -0.334. The molecule has 0 radical (unpaired) electrons. The number of carbonyl (C=O) groups is 2. The second-order valence-corrected chi connectivity index (χ2v) is 8.92. The molecule has 0 unspecified atom stereocenters. The Kier molecular flexibility index (Phi) is 6.92. The minimum Gasteiger partial charge on any atom is -0.351 e. The summed E-state index contributed by atoms with van der Waals surface area (Å²) in [5, 5.41) is 7.97. The van der Waals surface area contributed by atoms with Crippen molar-refractivity contribution in [3.8, 4) is 0 Å². The molecule has 0 bridgehead atoms. The first-order valence-corrected chi connectivity index (χ1v) is 11.5. The van der Waals surface area contributed by atoms with Gasteiger partial charge in [0.1, 0.15) is 5.69 Å². The van der Waals surface area contributed by atoms with Gasteiger partial charge in [-0.1, -0.05) is 30.2 Å². The lowest BCUT2D eigenvalue weighted by molar-refractivity contribution is 0.0683. The van der Waals surface area contributed by atoms with Crippen molar-refractivity contribution in [1.82, 2.24) is 24.9 Å². The van der Waals surface area contributed by atoms with Crippen LogP contribution in [0, 0.1) is 0 Å². The van der Waals surface area contributed by atoms with Crippen LogP contribution in [0.15, 0.2) is 30.3 Å². The van der Waals surface area contributed by atoms with E-state index in [-0.39, 0.29) is 11.8 Å². The number of piperidine rings is 1. The van der Waals surface area contributed by atoms with Gasteiger partial charge in [-0.3, -0.25) is 14.3 Å². The summed E-state index contributed by atoms with van der Waals surface area (Å²) in [6, 6.07) is 9.75. The van der Waals surface area contributed by atoms with Crippen molar-refractivity contribution in [3.63, 3.8) is 0 Å². The Labute approximate surface area is 188 Å². The zero-order valence-electron chi connectivity index (χ0n) is 18.0. The van der Waals surface area contributed by atoms with Crippen LogP contribution in [0.3, 0.4) is 0 Å². The maximum Gasteiger partial charge on any atom is 0.272 e. The van der Waals surface area contributed by atoms with Crippen LogP contribution in [-0.2, 0) is 13.1 Å². The molecule has 1 atom stereocenters. The molecule has 1 fully saturated rings. The van der Waals surface area contributed by atoms with Gasteiger partial charge in [0.15, 0.2) is 5.69 Å². The molecule has 0 saturated carbocycles. The van der Waals surface area contributed by atoms with Crippen molar-refractivity contribution in [1.29, 1.82) is 0 Å². The average Bonchev–Trinajstić information content (AvgIpc) is 3.20. The van der Waals surface area contributed by atoms with Gasteiger partial charge in [0.2, 0.25) is 0 Å². The molecule has 2 amide bonds. The summed E-state index contributed by atoms with van der Waals surface area (Å²) < 4.78 is 1.64. The van der Waals surface area contributed by atoms with Gasteiger partial charge in [0.05, 0.1) is 6.54 Å². The molecule has 0 spiro atoms. The largest absolute Gasteiger partial charge is 0.351 e. The number of halogens is 1. The normalized spacial score (nSPS) is 19.4. The zero-order valence-corrected chi connectivity index (χ0v) is 18.8. The molecule has 8 heteroatoms. The molecular formula is C23H30ClN5O2. The van der Waals surface area contributed by atoms with E-state index in [1.807, 2.05) is 24.3 Å². The molecule has 7 nitrogen and oxygen atoms in total. The van der Waals surface area contributed by atoms with Crippen molar-refractivity contribution in [2.75, 3.05) is 26.2 Å². The molecule has 3 heterocycles. The number of amides is 2. The third-order valence-corrected chi connectivity index (χ3v) is 6.45. The van der Waals surface area contributed by atoms with Gasteiger partial charge in [-0.15, -0.1) is 0 Å². The molecule has 2 aromatic rings. The summed E-state index contributed by atoms with van der Waals surface area (Å²) in [7, 11) is 0. The summed E-state index contributed by atoms with van der Waals surface area (Å²) in [6.07, 6.45) is 4.75. The molecule has 31 heavy (non-hydrogen) atoms. The summed E-state index contributed by atoms with van der Waals surface area (Å²) in [6.45, 7) is 6.64. The molecule has 166 valence electrons. The van der Waals surface area contributed by atoms with E-state index in [1.54, 1.807) is 15.6 Å². The van der Waals surface area contributed by atoms with Crippen LogP contribution in [0.5, 0.6) is 0 Å². The van der Waals surface area contributed by atoms with E-state index in [0.717, 1.165) is 25.1 Å². The molecule has 2 aliphatic rings. The molecule has 1 aromatic carbocycles. The quantitative estimate of drug-likeness (QED) is 0.667. The number of fused-ring (bicyclic) bond motifs is 1. The minimum atomic E-state index is -0.220. The van der Waals surface area contributed by atoms with Crippen LogP contribution in [0.25, 0.3) is 0 Å². The molecule has 4 rings (SSSR count). The number of likely N-dealkylation sites (tertiary alicyclic amines) is 1. The molecular weight excluding hydrogens is 414 g/mol. The number of nitrogens with one attached hydrogen (secondary N) is 1. The fraction of sp³-hybridized carbons (Fsp3) is 0.522. The van der Waals surface area contributed by atoms with E-state index in [0.29, 0.717) is 48.6 Å². The number of nitrogens with zero attached hydrogens (tertiary/aromatic N) is 4. The maximum atomic E-state index is 12.9. The van der Waals surface area contributed by atoms with Crippen LogP contribution >= 0.6 is 11.6 Å². The standard InChI is InChI=1S/C23H30ClN5O2/c1-17-6-2-3-10-27(17)11-5-9-25-22(30)20-15-21-23(31)28(12-13-29(21)26-20)16-18-7-4-8-19(24)14-18/h4,7-8,14-15,17H,2-3,5-6,9-13,16H2,1H3,(H,25,30)/t17-/m1/s1. The monoisotopic (exact) mass is 443 g/mol. The zero-order chi connectivity index (χ0) is 21.8. The van der Waals surface area contributed by atoms with Crippen LogP contribution in [0.2, 0.25) is 5.02 Å². The van der Waals surface area contributed by atoms with E-state index in [9.17, 15) is 9.59 Å². The molecule has 1 N–H and O–H groups in total. The number of benzene rings is 1. The fourth-order valence-corrected chi connectivity index (χ4v) is 4.63. The Morgan fingerprint density at radius 3 is 2.90 bits per heavy atom. The number of hydrogen-bond donors (Lipinski definition) is 1. The van der Waals surface area contributed by atoms with Crippen molar-refractivity contribution in [2.45, 2.75) is 51.7 Å². The van der Waals surface area contributed by atoms with Crippen molar-refractivity contribution >= 4 is 23.4 Å². The van der Waals surface area contributed by atoms with E-state index in [4.69, 9.17) is 11.6 Å². The second kappa shape index (κ2) is 9.83. The number of hydrogen-bond acceptors (Lipinski definition) is 4. The van der Waals surface area contributed by atoms with Crippen LogP contribution < -0.4 is 5.32 Å². The number of aromatic nitrogens is 2. The van der Waals surface area contributed by atoms with Gasteiger partial charge in [-0.25, -0.2) is 0 Å². The lowest BCUT2D eigenvalue weighted by atomic mass is 10.0. The van der Waals surface area contributed by atoms with Gasteiger partial charge in [0.25, 0.3) is 11.8 Å². The summed E-state index contributed by atoms with van der Waals surface area (Å²) >= 11 is 6.06. The third kappa shape index (κ3) is 5.28. The minimum absolute atomic E-state index is 0.114. The summed E-state index contributed by atoms with van der Waals surface area (Å²) in [5.41, 5.74) is 1.75. The Hall–Kier alpha value is -2.38. The van der Waals surface area contributed by atoms with Crippen LogP contribution in [0.4, 0.5) is 0 Å². The van der Waals surface area contributed by atoms with Crippen molar-refractivity contribution in [2.24, 2.45) is 0 Å². The molecule has 2 aliphatic heterocycles. The van der Waals surface area contributed by atoms with E-state index >= 15 is 0 Å². The fourth-order valence-electron chi connectivity index (χ4n) is 4.42. The number of rotatable bonds is 7. The summed E-state index contributed by atoms with van der Waals surface area (Å²) in [4.78, 5) is 29.7. The maximum absolute atomic E-state index is 12.9. The average molecular weight is 444 g/mol. The predicted octanol–water partition coefficient (Wildman–Crippen LogP) is 3.19. The Morgan fingerprint density at radius 2 is 2.10 bits per heavy atom. The van der Waals surface area contributed by atoms with Gasteiger partial charge in [0, 0.05) is 43.3 Å². The van der Waals surface area contributed by atoms with Crippen molar-refractivity contribution in [3.05, 3.63) is 52.3 Å². The second-order valence-electron chi connectivity index (χ2n) is 8.48. The third-order valence-electron chi connectivity index (χ3n) is 6.21. The van der Waals surface area contributed by atoms with Crippen molar-refractivity contribution < 1.29 is 9.59 Å².